The van der Waals surface area contributed by atoms with Crippen LogP contribution < -0.4 is 0 Å². The zero-order valence-electron chi connectivity index (χ0n) is 15.1. The van der Waals surface area contributed by atoms with Gasteiger partial charge < -0.3 is 9.80 Å². The Hall–Kier alpha value is -2.33. The molecule has 1 aliphatic rings. The molecule has 0 aromatic heterocycles. The molecule has 1 saturated heterocycles. The number of halogens is 1. The van der Waals surface area contributed by atoms with Gasteiger partial charge in [0.15, 0.2) is 0 Å². The SMILES string of the molecule is Cc1ccc(CN2CC(C(=O)N(C)Cc3ccc(Cl)cc3)CC2=O)cc1. The second kappa shape index (κ2) is 7.92. The van der Waals surface area contributed by atoms with Gasteiger partial charge in [0.05, 0.1) is 5.92 Å². The summed E-state index contributed by atoms with van der Waals surface area (Å²) in [6.45, 7) is 3.59. The maximum absolute atomic E-state index is 12.7. The number of aryl methyl sites for hydroxylation is 1. The fourth-order valence-corrected chi connectivity index (χ4v) is 3.38. The minimum atomic E-state index is -0.273. The fourth-order valence-electron chi connectivity index (χ4n) is 3.26. The third kappa shape index (κ3) is 4.44. The summed E-state index contributed by atoms with van der Waals surface area (Å²) >= 11 is 5.90. The molecule has 136 valence electrons. The van der Waals surface area contributed by atoms with Gasteiger partial charge in [-0.2, -0.15) is 0 Å². The second-order valence-corrected chi connectivity index (χ2v) is 7.42. The largest absolute Gasteiger partial charge is 0.341 e. The maximum atomic E-state index is 12.7. The van der Waals surface area contributed by atoms with E-state index in [-0.39, 0.29) is 24.2 Å². The monoisotopic (exact) mass is 370 g/mol. The van der Waals surface area contributed by atoms with Crippen molar-refractivity contribution in [1.29, 1.82) is 0 Å². The number of amides is 2. The van der Waals surface area contributed by atoms with Gasteiger partial charge in [-0.05, 0) is 30.2 Å². The first-order chi connectivity index (χ1) is 12.4. The first kappa shape index (κ1) is 18.5. The van der Waals surface area contributed by atoms with Crippen LogP contribution in [0.25, 0.3) is 0 Å². The zero-order chi connectivity index (χ0) is 18.7. The van der Waals surface area contributed by atoms with Gasteiger partial charge in [0.2, 0.25) is 11.8 Å². The molecule has 0 bridgehead atoms. The normalized spacial score (nSPS) is 16.8. The van der Waals surface area contributed by atoms with Gasteiger partial charge in [-0.25, -0.2) is 0 Å². The lowest BCUT2D eigenvalue weighted by molar-refractivity contribution is -0.135. The second-order valence-electron chi connectivity index (χ2n) is 6.98. The number of hydrogen-bond acceptors (Lipinski definition) is 2. The molecule has 0 radical (unpaired) electrons. The van der Waals surface area contributed by atoms with Gasteiger partial charge in [-0.3, -0.25) is 9.59 Å². The van der Waals surface area contributed by atoms with Crippen LogP contribution in [0.1, 0.15) is 23.1 Å². The smallest absolute Gasteiger partial charge is 0.228 e. The summed E-state index contributed by atoms with van der Waals surface area (Å²) in [7, 11) is 1.78. The molecule has 2 amide bonds. The molecule has 2 aromatic rings. The average Bonchev–Trinajstić information content (AvgIpc) is 2.99. The quantitative estimate of drug-likeness (QED) is 0.806. The summed E-state index contributed by atoms with van der Waals surface area (Å²) in [6.07, 6.45) is 0.287. The number of benzene rings is 2. The van der Waals surface area contributed by atoms with Crippen LogP contribution >= 0.6 is 11.6 Å². The third-order valence-corrected chi connectivity index (χ3v) is 5.02. The molecule has 3 rings (SSSR count). The minimum Gasteiger partial charge on any atom is -0.341 e. The Morgan fingerprint density at radius 3 is 2.38 bits per heavy atom. The van der Waals surface area contributed by atoms with Gasteiger partial charge in [-0.1, -0.05) is 53.6 Å². The predicted octanol–water partition coefficient (Wildman–Crippen LogP) is 3.66. The topological polar surface area (TPSA) is 40.6 Å². The van der Waals surface area contributed by atoms with E-state index in [0.29, 0.717) is 24.7 Å². The highest BCUT2D eigenvalue weighted by atomic mass is 35.5. The van der Waals surface area contributed by atoms with Crippen molar-refractivity contribution in [3.63, 3.8) is 0 Å². The Bertz CT molecular complexity index is 787. The summed E-state index contributed by atoms with van der Waals surface area (Å²) in [5, 5.41) is 0.677. The standard InChI is InChI=1S/C21H23ClN2O2/c1-15-3-5-17(6-4-15)13-24-14-18(11-20(24)25)21(26)23(2)12-16-7-9-19(22)10-8-16/h3-10,18H,11-14H2,1-2H3. The summed E-state index contributed by atoms with van der Waals surface area (Å²) in [5.74, 6) is -0.214. The van der Waals surface area contributed by atoms with E-state index in [1.54, 1.807) is 16.8 Å². The first-order valence-corrected chi connectivity index (χ1v) is 9.13. The van der Waals surface area contributed by atoms with Gasteiger partial charge >= 0.3 is 0 Å². The molecular formula is C21H23ClN2O2. The average molecular weight is 371 g/mol. The van der Waals surface area contributed by atoms with Crippen LogP contribution in [-0.4, -0.2) is 35.2 Å². The van der Waals surface area contributed by atoms with Gasteiger partial charge in [0, 0.05) is 38.1 Å². The number of likely N-dealkylation sites (tertiary alicyclic amines) is 1. The van der Waals surface area contributed by atoms with Crippen LogP contribution in [0, 0.1) is 12.8 Å². The van der Waals surface area contributed by atoms with E-state index in [1.165, 1.54) is 5.56 Å². The van der Waals surface area contributed by atoms with Crippen LogP contribution in [0.2, 0.25) is 5.02 Å². The molecule has 2 aromatic carbocycles. The van der Waals surface area contributed by atoms with Crippen LogP contribution in [0.4, 0.5) is 0 Å². The molecule has 5 heteroatoms. The highest BCUT2D eigenvalue weighted by Gasteiger charge is 2.35. The molecule has 1 unspecified atom stereocenters. The van der Waals surface area contributed by atoms with Crippen molar-refractivity contribution >= 4 is 23.4 Å². The third-order valence-electron chi connectivity index (χ3n) is 4.77. The van der Waals surface area contributed by atoms with E-state index in [4.69, 9.17) is 11.6 Å². The molecule has 0 N–H and O–H groups in total. The van der Waals surface area contributed by atoms with Gasteiger partial charge in [-0.15, -0.1) is 0 Å². The van der Waals surface area contributed by atoms with Crippen molar-refractivity contribution < 1.29 is 9.59 Å². The van der Waals surface area contributed by atoms with Crippen LogP contribution in [0.5, 0.6) is 0 Å². The lowest BCUT2D eigenvalue weighted by Gasteiger charge is -2.21. The Morgan fingerprint density at radius 1 is 1.12 bits per heavy atom. The lowest BCUT2D eigenvalue weighted by Crippen LogP contribution is -2.34. The van der Waals surface area contributed by atoms with E-state index < -0.39 is 0 Å². The Kier molecular flexibility index (Phi) is 5.62. The molecule has 1 atom stereocenters. The van der Waals surface area contributed by atoms with Crippen molar-refractivity contribution in [2.45, 2.75) is 26.4 Å². The number of hydrogen-bond donors (Lipinski definition) is 0. The van der Waals surface area contributed by atoms with Crippen molar-refractivity contribution in [2.24, 2.45) is 5.92 Å². The van der Waals surface area contributed by atoms with Crippen molar-refractivity contribution in [3.8, 4) is 0 Å². The van der Waals surface area contributed by atoms with Crippen molar-refractivity contribution in [1.82, 2.24) is 9.80 Å². The molecule has 1 heterocycles. The number of carbonyl (C=O) groups is 2. The highest BCUT2D eigenvalue weighted by molar-refractivity contribution is 6.30. The van der Waals surface area contributed by atoms with Crippen molar-refractivity contribution in [2.75, 3.05) is 13.6 Å². The van der Waals surface area contributed by atoms with E-state index in [1.807, 2.05) is 55.5 Å². The predicted molar refractivity (Wildman–Crippen MR) is 103 cm³/mol. The van der Waals surface area contributed by atoms with Crippen LogP contribution in [0.15, 0.2) is 48.5 Å². The molecule has 1 aliphatic heterocycles. The summed E-state index contributed by atoms with van der Waals surface area (Å²) in [4.78, 5) is 28.5. The molecule has 0 spiro atoms. The fraction of sp³-hybridized carbons (Fsp3) is 0.333. The molecule has 1 fully saturated rings. The first-order valence-electron chi connectivity index (χ1n) is 8.75. The van der Waals surface area contributed by atoms with Gasteiger partial charge in [0.1, 0.15) is 0 Å². The molecule has 4 nitrogen and oxygen atoms in total. The van der Waals surface area contributed by atoms with E-state index >= 15 is 0 Å². The summed E-state index contributed by atoms with van der Waals surface area (Å²) in [5.41, 5.74) is 3.30. The van der Waals surface area contributed by atoms with Gasteiger partial charge in [0.25, 0.3) is 0 Å². The Balaban J connectivity index is 1.59. The molecule has 0 aliphatic carbocycles. The van der Waals surface area contributed by atoms with E-state index in [9.17, 15) is 9.59 Å². The number of rotatable bonds is 5. The number of nitrogens with zero attached hydrogens (tertiary/aromatic N) is 2. The maximum Gasteiger partial charge on any atom is 0.228 e. The molecular weight excluding hydrogens is 348 g/mol. The minimum absolute atomic E-state index is 0.0136. The lowest BCUT2D eigenvalue weighted by atomic mass is 10.1. The molecule has 0 saturated carbocycles. The molecule has 26 heavy (non-hydrogen) atoms. The Labute approximate surface area is 159 Å². The summed E-state index contributed by atoms with van der Waals surface area (Å²) < 4.78 is 0. The van der Waals surface area contributed by atoms with Crippen LogP contribution in [0.3, 0.4) is 0 Å². The number of carbonyl (C=O) groups excluding carboxylic acids is 2. The van der Waals surface area contributed by atoms with Crippen molar-refractivity contribution in [3.05, 3.63) is 70.2 Å². The van der Waals surface area contributed by atoms with E-state index in [0.717, 1.165) is 11.1 Å². The highest BCUT2D eigenvalue weighted by Crippen LogP contribution is 2.23. The van der Waals surface area contributed by atoms with E-state index in [2.05, 4.69) is 0 Å². The Morgan fingerprint density at radius 2 is 1.73 bits per heavy atom. The van der Waals surface area contributed by atoms with Crippen LogP contribution in [-0.2, 0) is 22.7 Å². The zero-order valence-corrected chi connectivity index (χ0v) is 15.9. The summed E-state index contributed by atoms with van der Waals surface area (Å²) in [6, 6.07) is 15.6.